The van der Waals surface area contributed by atoms with Crippen molar-refractivity contribution in [1.29, 1.82) is 0 Å². The van der Waals surface area contributed by atoms with E-state index in [1.165, 1.54) is 5.56 Å². The Morgan fingerprint density at radius 1 is 0.938 bits per heavy atom. The third-order valence-corrected chi connectivity index (χ3v) is 2.70. The Hall–Kier alpha value is -1.96. The molecule has 0 spiro atoms. The van der Waals surface area contributed by atoms with Gasteiger partial charge >= 0.3 is 0 Å². The summed E-state index contributed by atoms with van der Waals surface area (Å²) in [5.74, 6) is 0. The summed E-state index contributed by atoms with van der Waals surface area (Å²) in [7, 11) is 0. The Balaban J connectivity index is 2.28. The van der Waals surface area contributed by atoms with Gasteiger partial charge in [-0.2, -0.15) is 0 Å². The maximum Gasteiger partial charge on any atom is 0.0413 e. The molecule has 0 unspecified atom stereocenters. The normalized spacial score (nSPS) is 10.1. The van der Waals surface area contributed by atoms with Crippen molar-refractivity contribution in [1.82, 2.24) is 0 Å². The number of benzene rings is 2. The average molecular weight is 212 g/mol. The third kappa shape index (κ3) is 2.16. The predicted octanol–water partition coefficient (Wildman–Crippen LogP) is 3.63. The summed E-state index contributed by atoms with van der Waals surface area (Å²) in [4.78, 5) is 0. The van der Waals surface area contributed by atoms with Crippen molar-refractivity contribution in [3.8, 4) is 0 Å². The highest BCUT2D eigenvalue weighted by Crippen LogP contribution is 2.23. The van der Waals surface area contributed by atoms with E-state index in [9.17, 15) is 0 Å². The van der Waals surface area contributed by atoms with Crippen LogP contribution in [0.5, 0.6) is 0 Å². The molecule has 0 heterocycles. The molecule has 2 aromatic rings. The fourth-order valence-corrected chi connectivity index (χ4v) is 1.59. The maximum absolute atomic E-state index is 5.87. The lowest BCUT2D eigenvalue weighted by Crippen LogP contribution is -1.95. The SMILES string of the molecule is Cc1ccc(Nc2ccccc2C)cc1N. The number of aryl methyl sites for hydroxylation is 2. The van der Waals surface area contributed by atoms with E-state index in [0.717, 1.165) is 22.6 Å². The Bertz CT molecular complexity index is 504. The summed E-state index contributed by atoms with van der Waals surface area (Å²) in [5.41, 5.74) is 11.2. The lowest BCUT2D eigenvalue weighted by molar-refractivity contribution is 1.41. The van der Waals surface area contributed by atoms with Crippen molar-refractivity contribution >= 4 is 17.1 Å². The summed E-state index contributed by atoms with van der Waals surface area (Å²) < 4.78 is 0. The highest BCUT2D eigenvalue weighted by Gasteiger charge is 1.99. The van der Waals surface area contributed by atoms with Gasteiger partial charge in [-0.1, -0.05) is 24.3 Å². The van der Waals surface area contributed by atoms with Crippen LogP contribution in [0.3, 0.4) is 0 Å². The van der Waals surface area contributed by atoms with E-state index >= 15 is 0 Å². The van der Waals surface area contributed by atoms with E-state index in [1.54, 1.807) is 0 Å². The zero-order valence-corrected chi connectivity index (χ0v) is 9.62. The molecular formula is C14H16N2. The van der Waals surface area contributed by atoms with Crippen molar-refractivity contribution < 1.29 is 0 Å². The topological polar surface area (TPSA) is 38.0 Å². The van der Waals surface area contributed by atoms with Gasteiger partial charge in [0.05, 0.1) is 0 Å². The van der Waals surface area contributed by atoms with Crippen molar-refractivity contribution in [2.45, 2.75) is 13.8 Å². The van der Waals surface area contributed by atoms with Crippen LogP contribution >= 0.6 is 0 Å². The van der Waals surface area contributed by atoms with Crippen LogP contribution in [-0.2, 0) is 0 Å². The molecule has 0 atom stereocenters. The van der Waals surface area contributed by atoms with E-state index < -0.39 is 0 Å². The van der Waals surface area contributed by atoms with Gasteiger partial charge < -0.3 is 11.1 Å². The predicted molar refractivity (Wildman–Crippen MR) is 70.1 cm³/mol. The number of hydrogen-bond acceptors (Lipinski definition) is 2. The second-order valence-corrected chi connectivity index (χ2v) is 4.01. The first-order valence-electron chi connectivity index (χ1n) is 5.35. The van der Waals surface area contributed by atoms with Gasteiger partial charge in [0.2, 0.25) is 0 Å². The van der Waals surface area contributed by atoms with Gasteiger partial charge in [0.25, 0.3) is 0 Å². The third-order valence-electron chi connectivity index (χ3n) is 2.70. The summed E-state index contributed by atoms with van der Waals surface area (Å²) >= 11 is 0. The first-order valence-corrected chi connectivity index (χ1v) is 5.35. The summed E-state index contributed by atoms with van der Waals surface area (Å²) in [6, 6.07) is 14.2. The monoisotopic (exact) mass is 212 g/mol. The summed E-state index contributed by atoms with van der Waals surface area (Å²) in [6.07, 6.45) is 0. The quantitative estimate of drug-likeness (QED) is 0.746. The van der Waals surface area contributed by atoms with Crippen LogP contribution in [0.25, 0.3) is 0 Å². The lowest BCUT2D eigenvalue weighted by atomic mass is 10.1. The van der Waals surface area contributed by atoms with Crippen LogP contribution in [0.1, 0.15) is 11.1 Å². The summed E-state index contributed by atoms with van der Waals surface area (Å²) in [6.45, 7) is 4.09. The molecule has 0 radical (unpaired) electrons. The Morgan fingerprint density at radius 2 is 1.69 bits per heavy atom. The van der Waals surface area contributed by atoms with E-state index in [4.69, 9.17) is 5.73 Å². The molecule has 2 nitrogen and oxygen atoms in total. The molecule has 0 saturated heterocycles. The van der Waals surface area contributed by atoms with Gasteiger partial charge in [-0.15, -0.1) is 0 Å². The number of hydrogen-bond donors (Lipinski definition) is 2. The molecule has 2 aromatic carbocycles. The van der Waals surface area contributed by atoms with Gasteiger partial charge in [0.15, 0.2) is 0 Å². The van der Waals surface area contributed by atoms with Gasteiger partial charge in [0.1, 0.15) is 0 Å². The van der Waals surface area contributed by atoms with Gasteiger partial charge in [-0.05, 0) is 43.2 Å². The first-order chi connectivity index (χ1) is 7.66. The van der Waals surface area contributed by atoms with Crippen molar-refractivity contribution in [2.75, 3.05) is 11.1 Å². The number of nitrogens with one attached hydrogen (secondary N) is 1. The second-order valence-electron chi connectivity index (χ2n) is 4.01. The summed E-state index contributed by atoms with van der Waals surface area (Å²) in [5, 5.41) is 3.36. The van der Waals surface area contributed by atoms with Gasteiger partial charge in [0, 0.05) is 17.1 Å². The molecule has 2 rings (SSSR count). The van der Waals surface area contributed by atoms with Crippen molar-refractivity contribution in [3.05, 3.63) is 53.6 Å². The van der Waals surface area contributed by atoms with Crippen LogP contribution in [0.2, 0.25) is 0 Å². The zero-order valence-electron chi connectivity index (χ0n) is 9.62. The fourth-order valence-electron chi connectivity index (χ4n) is 1.59. The minimum atomic E-state index is 0.818. The number of anilines is 3. The molecular weight excluding hydrogens is 196 g/mol. The minimum absolute atomic E-state index is 0.818. The van der Waals surface area contributed by atoms with Crippen LogP contribution in [-0.4, -0.2) is 0 Å². The number of nitrogens with two attached hydrogens (primary N) is 1. The molecule has 82 valence electrons. The highest BCUT2D eigenvalue weighted by molar-refractivity contribution is 5.67. The first kappa shape index (κ1) is 10.6. The molecule has 0 aliphatic rings. The fraction of sp³-hybridized carbons (Fsp3) is 0.143. The molecule has 0 aliphatic carbocycles. The molecule has 16 heavy (non-hydrogen) atoms. The molecule has 0 amide bonds. The van der Waals surface area contributed by atoms with Crippen LogP contribution < -0.4 is 11.1 Å². The largest absolute Gasteiger partial charge is 0.398 e. The van der Waals surface area contributed by atoms with E-state index in [2.05, 4.69) is 24.4 Å². The smallest absolute Gasteiger partial charge is 0.0413 e. The Morgan fingerprint density at radius 3 is 2.38 bits per heavy atom. The van der Waals surface area contributed by atoms with Crippen LogP contribution in [0.15, 0.2) is 42.5 Å². The standard InChI is InChI=1S/C14H16N2/c1-10-7-8-12(9-13(10)15)16-14-6-4-3-5-11(14)2/h3-9,16H,15H2,1-2H3. The van der Waals surface area contributed by atoms with Crippen LogP contribution in [0, 0.1) is 13.8 Å². The van der Waals surface area contributed by atoms with E-state index in [1.807, 2.05) is 37.3 Å². The molecule has 0 bridgehead atoms. The van der Waals surface area contributed by atoms with E-state index in [0.29, 0.717) is 0 Å². The molecule has 0 aliphatic heterocycles. The number of rotatable bonds is 2. The molecule has 0 saturated carbocycles. The average Bonchev–Trinajstić information content (AvgIpc) is 2.27. The van der Waals surface area contributed by atoms with Crippen molar-refractivity contribution in [2.24, 2.45) is 0 Å². The number of nitrogen functional groups attached to an aromatic ring is 1. The molecule has 3 N–H and O–H groups in total. The molecule has 0 fully saturated rings. The zero-order chi connectivity index (χ0) is 11.5. The number of para-hydroxylation sites is 1. The van der Waals surface area contributed by atoms with Crippen molar-refractivity contribution in [3.63, 3.8) is 0 Å². The molecule has 0 aromatic heterocycles. The second kappa shape index (κ2) is 4.27. The maximum atomic E-state index is 5.87. The highest BCUT2D eigenvalue weighted by atomic mass is 14.9. The molecule has 2 heteroatoms. The van der Waals surface area contributed by atoms with Gasteiger partial charge in [-0.3, -0.25) is 0 Å². The van der Waals surface area contributed by atoms with E-state index in [-0.39, 0.29) is 0 Å². The van der Waals surface area contributed by atoms with Gasteiger partial charge in [-0.25, -0.2) is 0 Å². The van der Waals surface area contributed by atoms with Crippen LogP contribution in [0.4, 0.5) is 17.1 Å². The minimum Gasteiger partial charge on any atom is -0.398 e. The Labute approximate surface area is 96.1 Å². The Kier molecular flexibility index (Phi) is 2.82. The lowest BCUT2D eigenvalue weighted by Gasteiger charge is -2.10.